The maximum atomic E-state index is 14.7. The molecule has 2 aromatic heterocycles. The lowest BCUT2D eigenvalue weighted by molar-refractivity contribution is -0.275. The molecule has 0 spiro atoms. The molecule has 0 saturated carbocycles. The second-order valence-corrected chi connectivity index (χ2v) is 15.0. The van der Waals surface area contributed by atoms with Crippen molar-refractivity contribution in [3.05, 3.63) is 119 Å². The number of aromatic nitrogens is 2. The number of phenols is 2. The number of alkyl halides is 6. The van der Waals surface area contributed by atoms with Crippen LogP contribution in [0.3, 0.4) is 0 Å². The highest BCUT2D eigenvalue weighted by Gasteiger charge is 2.38. The molecule has 64 heavy (non-hydrogen) atoms. The summed E-state index contributed by atoms with van der Waals surface area (Å²) in [4.78, 5) is 57.7. The number of hydrogen-bond donors (Lipinski definition) is 5. The normalized spacial score (nSPS) is 13.4. The summed E-state index contributed by atoms with van der Waals surface area (Å²) in [6, 6.07) is 16.0. The summed E-state index contributed by atoms with van der Waals surface area (Å²) in [6.45, 7) is 5.87. The molecule has 2 amide bonds. The summed E-state index contributed by atoms with van der Waals surface area (Å²) in [5.41, 5.74) is 0.919. The molecule has 13 nitrogen and oxygen atoms in total. The zero-order chi connectivity index (χ0) is 46.8. The van der Waals surface area contributed by atoms with E-state index in [0.717, 1.165) is 48.5 Å². The molecular weight excluding hydrogens is 855 g/mol. The minimum absolute atomic E-state index is 0.0635. The zero-order valence-corrected chi connectivity index (χ0v) is 34.6. The molecule has 6 rings (SSSR count). The van der Waals surface area contributed by atoms with E-state index in [4.69, 9.17) is 0 Å². The van der Waals surface area contributed by atoms with Crippen LogP contribution in [0.15, 0.2) is 84.9 Å². The molecule has 5 N–H and O–H groups in total. The number of hydrogen-bond acceptors (Lipinski definition) is 9. The van der Waals surface area contributed by atoms with Gasteiger partial charge in [0.05, 0.1) is 29.5 Å². The number of rotatable bonds is 14. The first-order chi connectivity index (χ1) is 30.1. The highest BCUT2D eigenvalue weighted by molar-refractivity contribution is 6.07. The van der Waals surface area contributed by atoms with Gasteiger partial charge in [-0.15, -0.1) is 26.3 Å². The number of benzene rings is 4. The van der Waals surface area contributed by atoms with Gasteiger partial charge in [0.25, 0.3) is 11.8 Å². The van der Waals surface area contributed by atoms with Crippen LogP contribution in [0.1, 0.15) is 81.8 Å². The molecule has 19 heteroatoms. The van der Waals surface area contributed by atoms with Gasteiger partial charge in [-0.3, -0.25) is 28.3 Å². The number of amides is 2. The number of aromatic hydroxyl groups is 2. The molecule has 0 saturated heterocycles. The SMILES string of the molecule is CCC(C)NC(=O)C(CC(C(=O)NCCO)c1c(C)n(C(=O)c2ccc(OC(F)(F)F)cc2)c2ccc(O)cc12)c1c(C)n(C(=O)c2ccc(OC(F)(F)F)cc2)c2ccc(O)cc12. The average molecular weight is 897 g/mol. The molecule has 2 heterocycles. The van der Waals surface area contributed by atoms with E-state index >= 15 is 0 Å². The smallest absolute Gasteiger partial charge is 0.508 e. The molecule has 3 unspecified atom stereocenters. The van der Waals surface area contributed by atoms with Crippen LogP contribution in [0.4, 0.5) is 26.3 Å². The first kappa shape index (κ1) is 46.5. The first-order valence-electron chi connectivity index (χ1n) is 19.8. The Kier molecular flexibility index (Phi) is 13.3. The van der Waals surface area contributed by atoms with Gasteiger partial charge in [-0.25, -0.2) is 0 Å². The predicted molar refractivity (Wildman–Crippen MR) is 220 cm³/mol. The molecule has 0 fully saturated rings. The predicted octanol–water partition coefficient (Wildman–Crippen LogP) is 8.08. The van der Waals surface area contributed by atoms with Crippen molar-refractivity contribution in [2.75, 3.05) is 13.2 Å². The van der Waals surface area contributed by atoms with Crippen molar-refractivity contribution in [1.29, 1.82) is 0 Å². The summed E-state index contributed by atoms with van der Waals surface area (Å²) in [7, 11) is 0. The molecule has 338 valence electrons. The Morgan fingerprint density at radius 3 is 1.44 bits per heavy atom. The lowest BCUT2D eigenvalue weighted by Gasteiger charge is -2.26. The van der Waals surface area contributed by atoms with Gasteiger partial charge in [0.1, 0.15) is 23.0 Å². The van der Waals surface area contributed by atoms with Gasteiger partial charge >= 0.3 is 12.7 Å². The first-order valence-corrected chi connectivity index (χ1v) is 19.8. The van der Waals surface area contributed by atoms with E-state index in [-0.39, 0.29) is 79.9 Å². The fourth-order valence-corrected chi connectivity index (χ4v) is 7.82. The molecule has 0 aliphatic carbocycles. The topological polar surface area (TPSA) is 181 Å². The number of aliphatic hydroxyl groups is 1. The number of fused-ring (bicyclic) bond motifs is 2. The Morgan fingerprint density at radius 2 is 1.06 bits per heavy atom. The number of ether oxygens (including phenoxy) is 2. The number of nitrogens with one attached hydrogen (secondary N) is 2. The van der Waals surface area contributed by atoms with E-state index in [1.54, 1.807) is 6.92 Å². The number of phenolic OH excluding ortho intramolecular Hbond substituents is 2. The van der Waals surface area contributed by atoms with Crippen molar-refractivity contribution in [2.45, 2.75) is 71.1 Å². The van der Waals surface area contributed by atoms with Crippen molar-refractivity contribution in [3.8, 4) is 23.0 Å². The minimum Gasteiger partial charge on any atom is -0.508 e. The monoisotopic (exact) mass is 896 g/mol. The van der Waals surface area contributed by atoms with E-state index in [1.165, 1.54) is 59.4 Å². The second-order valence-electron chi connectivity index (χ2n) is 15.0. The van der Waals surface area contributed by atoms with Crippen LogP contribution in [0.5, 0.6) is 23.0 Å². The van der Waals surface area contributed by atoms with E-state index in [1.807, 2.05) is 6.92 Å². The average Bonchev–Trinajstić information content (AvgIpc) is 3.67. The van der Waals surface area contributed by atoms with Crippen LogP contribution in [-0.4, -0.2) is 80.0 Å². The molecule has 0 aliphatic rings. The number of carbonyl (C=O) groups excluding carboxylic acids is 4. The highest BCUT2D eigenvalue weighted by Crippen LogP contribution is 2.43. The van der Waals surface area contributed by atoms with Gasteiger partial charge in [-0.1, -0.05) is 6.92 Å². The van der Waals surface area contributed by atoms with Gasteiger partial charge in [-0.2, -0.15) is 0 Å². The third-order valence-electron chi connectivity index (χ3n) is 10.8. The standard InChI is InChI=1S/C45H42F6N4O9/c1-5-23(2)53-41(60)35(39-25(4)55(37-17-11-29(58)21-33(37)39)43(62)27-8-14-31(15-9-27)64-45(49,50)51)22-34(40(59)52-18-19-56)38-24(3)54(36-16-10-28(57)20-32(36)38)42(61)26-6-12-30(13-7-26)63-44(46,47)48/h6-17,20-21,23,34-35,56-58H,5,18-19,22H2,1-4H3,(H,52,59)(H,53,60). The Bertz CT molecular complexity index is 2720. The van der Waals surface area contributed by atoms with Crippen LogP contribution in [0.2, 0.25) is 0 Å². The van der Waals surface area contributed by atoms with Gasteiger partial charge in [0.2, 0.25) is 11.8 Å². The lowest BCUT2D eigenvalue weighted by atomic mass is 9.81. The fraction of sp³-hybridized carbons (Fsp3) is 0.289. The van der Waals surface area contributed by atoms with Crippen molar-refractivity contribution >= 4 is 45.4 Å². The quantitative estimate of drug-likeness (QED) is 0.0676. The van der Waals surface area contributed by atoms with Crippen molar-refractivity contribution < 1.29 is 70.3 Å². The van der Waals surface area contributed by atoms with Crippen LogP contribution in [0.25, 0.3) is 21.8 Å². The third-order valence-corrected chi connectivity index (χ3v) is 10.8. The zero-order valence-electron chi connectivity index (χ0n) is 34.6. The van der Waals surface area contributed by atoms with Crippen LogP contribution >= 0.6 is 0 Å². The minimum atomic E-state index is -4.99. The van der Waals surface area contributed by atoms with Gasteiger partial charge in [0, 0.05) is 45.9 Å². The van der Waals surface area contributed by atoms with Crippen LogP contribution in [-0.2, 0) is 9.59 Å². The molecule has 0 radical (unpaired) electrons. The van der Waals surface area contributed by atoms with E-state index in [0.29, 0.717) is 6.42 Å². The van der Waals surface area contributed by atoms with Crippen molar-refractivity contribution in [2.24, 2.45) is 0 Å². The maximum Gasteiger partial charge on any atom is 0.573 e. The summed E-state index contributed by atoms with van der Waals surface area (Å²) < 4.78 is 87.8. The number of halogens is 6. The summed E-state index contributed by atoms with van der Waals surface area (Å²) in [5, 5.41) is 37.3. The fourth-order valence-electron chi connectivity index (χ4n) is 7.82. The summed E-state index contributed by atoms with van der Waals surface area (Å²) in [6.07, 6.45) is -9.88. The molecule has 0 aliphatic heterocycles. The Morgan fingerprint density at radius 1 is 0.656 bits per heavy atom. The van der Waals surface area contributed by atoms with Crippen molar-refractivity contribution in [3.63, 3.8) is 0 Å². The molecule has 3 atom stereocenters. The van der Waals surface area contributed by atoms with Gasteiger partial charge in [0.15, 0.2) is 0 Å². The maximum absolute atomic E-state index is 14.7. The summed E-state index contributed by atoms with van der Waals surface area (Å²) in [5.74, 6) is -7.14. The Hall–Kier alpha value is -7.02. The largest absolute Gasteiger partial charge is 0.573 e. The van der Waals surface area contributed by atoms with E-state index < -0.39 is 72.3 Å². The third kappa shape index (κ3) is 9.94. The highest BCUT2D eigenvalue weighted by atomic mass is 19.4. The van der Waals surface area contributed by atoms with Gasteiger partial charge < -0.3 is 35.4 Å². The van der Waals surface area contributed by atoms with E-state index in [9.17, 15) is 60.8 Å². The molecule has 0 bridgehead atoms. The van der Waals surface area contributed by atoms with Crippen molar-refractivity contribution in [1.82, 2.24) is 19.8 Å². The number of aliphatic hydroxyl groups excluding tert-OH is 1. The molecular formula is C45H42F6N4O9. The lowest BCUT2D eigenvalue weighted by Crippen LogP contribution is -2.39. The number of nitrogens with zero attached hydrogens (tertiary/aromatic N) is 2. The van der Waals surface area contributed by atoms with Gasteiger partial charge in [-0.05, 0) is 130 Å². The second kappa shape index (κ2) is 18.4. The van der Waals surface area contributed by atoms with E-state index in [2.05, 4.69) is 20.1 Å². The van der Waals surface area contributed by atoms with Crippen LogP contribution in [0, 0.1) is 13.8 Å². The van der Waals surface area contributed by atoms with Crippen LogP contribution < -0.4 is 20.1 Å². The number of carbonyl (C=O) groups is 4. The Labute approximate surface area is 360 Å². The summed E-state index contributed by atoms with van der Waals surface area (Å²) >= 11 is 0. The Balaban J connectivity index is 1.55. The molecule has 4 aromatic carbocycles. The molecule has 6 aromatic rings.